The van der Waals surface area contributed by atoms with Gasteiger partial charge in [0.25, 0.3) is 0 Å². The van der Waals surface area contributed by atoms with E-state index in [1.54, 1.807) is 18.2 Å². The minimum Gasteiger partial charge on any atom is -0.461 e. The van der Waals surface area contributed by atoms with Crippen LogP contribution in [0.5, 0.6) is 0 Å². The third-order valence-corrected chi connectivity index (χ3v) is 2.17. The van der Waals surface area contributed by atoms with Crippen LogP contribution in [0, 0.1) is 0 Å². The Morgan fingerprint density at radius 1 is 1.38 bits per heavy atom. The monoisotopic (exact) mass is 218 g/mol. The van der Waals surface area contributed by atoms with Gasteiger partial charge in [-0.2, -0.15) is 0 Å². The van der Waals surface area contributed by atoms with E-state index in [2.05, 4.69) is 0 Å². The lowest BCUT2D eigenvalue weighted by Gasteiger charge is -2.02. The molecular formula is C9H8Cl2O2. The first-order valence-electron chi connectivity index (χ1n) is 3.67. The molecule has 0 fully saturated rings. The lowest BCUT2D eigenvalue weighted by Crippen LogP contribution is -1.98. The van der Waals surface area contributed by atoms with E-state index in [-0.39, 0.29) is 12.6 Å². The highest BCUT2D eigenvalue weighted by Gasteiger charge is 2.00. The van der Waals surface area contributed by atoms with Crippen molar-refractivity contribution in [2.75, 3.05) is 0 Å². The van der Waals surface area contributed by atoms with Crippen LogP contribution >= 0.6 is 23.2 Å². The van der Waals surface area contributed by atoms with Crippen molar-refractivity contribution >= 4 is 29.2 Å². The molecule has 0 aliphatic heterocycles. The van der Waals surface area contributed by atoms with E-state index in [4.69, 9.17) is 27.9 Å². The molecule has 0 saturated carbocycles. The molecule has 0 heterocycles. The number of esters is 1. The number of ether oxygens (including phenoxy) is 1. The molecule has 0 aliphatic carbocycles. The number of hydrogen-bond acceptors (Lipinski definition) is 2. The Morgan fingerprint density at radius 3 is 2.62 bits per heavy atom. The average molecular weight is 219 g/mol. The van der Waals surface area contributed by atoms with Crippen molar-refractivity contribution in [2.45, 2.75) is 13.5 Å². The number of halogens is 2. The molecule has 1 aromatic carbocycles. The second kappa shape index (κ2) is 4.49. The van der Waals surface area contributed by atoms with Crippen molar-refractivity contribution in [3.8, 4) is 0 Å². The summed E-state index contributed by atoms with van der Waals surface area (Å²) in [7, 11) is 0. The third-order valence-electron chi connectivity index (χ3n) is 1.43. The SMILES string of the molecule is CC(=O)OCc1ccc(Cl)c(Cl)c1. The normalized spacial score (nSPS) is 9.77. The summed E-state index contributed by atoms with van der Waals surface area (Å²) in [5, 5.41) is 0.958. The molecule has 70 valence electrons. The summed E-state index contributed by atoms with van der Waals surface area (Å²) in [6, 6.07) is 5.10. The first-order chi connectivity index (χ1) is 6.09. The maximum atomic E-state index is 10.5. The lowest BCUT2D eigenvalue weighted by atomic mass is 10.2. The standard InChI is InChI=1S/C9H8Cl2O2/c1-6(12)13-5-7-2-3-8(10)9(11)4-7/h2-4H,5H2,1H3. The van der Waals surface area contributed by atoms with Crippen LogP contribution in [0.15, 0.2) is 18.2 Å². The zero-order chi connectivity index (χ0) is 9.84. The van der Waals surface area contributed by atoms with Gasteiger partial charge in [0.15, 0.2) is 0 Å². The first-order valence-corrected chi connectivity index (χ1v) is 4.42. The fourth-order valence-electron chi connectivity index (χ4n) is 0.814. The predicted molar refractivity (Wildman–Crippen MR) is 51.9 cm³/mol. The third kappa shape index (κ3) is 3.25. The molecule has 1 rings (SSSR count). The molecule has 0 unspecified atom stereocenters. The van der Waals surface area contributed by atoms with Gasteiger partial charge in [0.2, 0.25) is 0 Å². The van der Waals surface area contributed by atoms with E-state index in [1.807, 2.05) is 0 Å². The predicted octanol–water partition coefficient (Wildman–Crippen LogP) is 3.06. The molecule has 0 amide bonds. The van der Waals surface area contributed by atoms with Gasteiger partial charge in [-0.15, -0.1) is 0 Å². The van der Waals surface area contributed by atoms with E-state index in [1.165, 1.54) is 6.92 Å². The molecule has 0 atom stereocenters. The smallest absolute Gasteiger partial charge is 0.302 e. The van der Waals surface area contributed by atoms with Crippen molar-refractivity contribution in [1.29, 1.82) is 0 Å². The number of benzene rings is 1. The molecule has 2 nitrogen and oxygen atoms in total. The molecule has 0 radical (unpaired) electrons. The van der Waals surface area contributed by atoms with Crippen molar-refractivity contribution in [2.24, 2.45) is 0 Å². The zero-order valence-corrected chi connectivity index (χ0v) is 8.52. The van der Waals surface area contributed by atoms with Crippen LogP contribution in [0.2, 0.25) is 10.0 Å². The van der Waals surface area contributed by atoms with Gasteiger partial charge in [-0.05, 0) is 17.7 Å². The van der Waals surface area contributed by atoms with Gasteiger partial charge in [-0.25, -0.2) is 0 Å². The Hall–Kier alpha value is -0.730. The minimum absolute atomic E-state index is 0.228. The molecule has 0 saturated heterocycles. The molecule has 1 aromatic rings. The fourth-order valence-corrected chi connectivity index (χ4v) is 1.14. The Labute approximate surface area is 86.4 Å². The van der Waals surface area contributed by atoms with Crippen LogP contribution in [0.3, 0.4) is 0 Å². The Bertz CT molecular complexity index is 323. The highest BCUT2D eigenvalue weighted by Crippen LogP contribution is 2.22. The summed E-state index contributed by atoms with van der Waals surface area (Å²) < 4.78 is 4.78. The van der Waals surface area contributed by atoms with E-state index in [9.17, 15) is 4.79 Å². The van der Waals surface area contributed by atoms with Gasteiger partial charge in [0.1, 0.15) is 6.61 Å². The maximum absolute atomic E-state index is 10.5. The summed E-state index contributed by atoms with van der Waals surface area (Å²) >= 11 is 11.5. The topological polar surface area (TPSA) is 26.3 Å². The van der Waals surface area contributed by atoms with Crippen molar-refractivity contribution in [3.63, 3.8) is 0 Å². The lowest BCUT2D eigenvalue weighted by molar-refractivity contribution is -0.142. The molecule has 0 spiro atoms. The summed E-state index contributed by atoms with van der Waals surface area (Å²) in [6.07, 6.45) is 0. The van der Waals surface area contributed by atoms with Crippen LogP contribution in [-0.2, 0) is 16.1 Å². The van der Waals surface area contributed by atoms with Gasteiger partial charge in [-0.3, -0.25) is 4.79 Å². The molecule has 0 N–H and O–H groups in total. The van der Waals surface area contributed by atoms with E-state index in [0.717, 1.165) is 5.56 Å². The quantitative estimate of drug-likeness (QED) is 0.714. The van der Waals surface area contributed by atoms with E-state index in [0.29, 0.717) is 10.0 Å². The van der Waals surface area contributed by atoms with E-state index < -0.39 is 0 Å². The van der Waals surface area contributed by atoms with Gasteiger partial charge in [-0.1, -0.05) is 29.3 Å². The Balaban J connectivity index is 2.68. The summed E-state index contributed by atoms with van der Waals surface area (Å²) in [5.41, 5.74) is 0.824. The zero-order valence-electron chi connectivity index (χ0n) is 7.01. The second-order valence-corrected chi connectivity index (χ2v) is 3.34. The molecule has 0 aromatic heterocycles. The molecule has 4 heteroatoms. The van der Waals surface area contributed by atoms with Crippen LogP contribution in [-0.4, -0.2) is 5.97 Å². The summed E-state index contributed by atoms with van der Waals surface area (Å²) in [6.45, 7) is 1.59. The highest BCUT2D eigenvalue weighted by atomic mass is 35.5. The van der Waals surface area contributed by atoms with Gasteiger partial charge in [0.05, 0.1) is 10.0 Å². The summed E-state index contributed by atoms with van der Waals surface area (Å²) in [5.74, 6) is -0.314. The average Bonchev–Trinajstić information content (AvgIpc) is 2.07. The number of carbonyl (C=O) groups is 1. The van der Waals surface area contributed by atoms with Crippen molar-refractivity contribution in [3.05, 3.63) is 33.8 Å². The second-order valence-electron chi connectivity index (χ2n) is 2.53. The largest absolute Gasteiger partial charge is 0.461 e. The first kappa shape index (κ1) is 10.4. The molecule has 13 heavy (non-hydrogen) atoms. The van der Waals surface area contributed by atoms with Crippen LogP contribution in [0.25, 0.3) is 0 Å². The number of hydrogen-bond donors (Lipinski definition) is 0. The maximum Gasteiger partial charge on any atom is 0.302 e. The Morgan fingerprint density at radius 2 is 2.08 bits per heavy atom. The van der Waals surface area contributed by atoms with Crippen LogP contribution < -0.4 is 0 Å². The van der Waals surface area contributed by atoms with Gasteiger partial charge in [0, 0.05) is 6.92 Å². The highest BCUT2D eigenvalue weighted by molar-refractivity contribution is 6.42. The Kier molecular flexibility index (Phi) is 3.58. The van der Waals surface area contributed by atoms with Gasteiger partial charge < -0.3 is 4.74 Å². The van der Waals surface area contributed by atoms with E-state index >= 15 is 0 Å². The van der Waals surface area contributed by atoms with Gasteiger partial charge >= 0.3 is 5.97 Å². The summed E-state index contributed by atoms with van der Waals surface area (Å²) in [4.78, 5) is 10.5. The van der Waals surface area contributed by atoms with Crippen LogP contribution in [0.1, 0.15) is 12.5 Å². The minimum atomic E-state index is -0.314. The fraction of sp³-hybridized carbons (Fsp3) is 0.222. The number of carbonyl (C=O) groups excluding carboxylic acids is 1. The van der Waals surface area contributed by atoms with Crippen molar-refractivity contribution < 1.29 is 9.53 Å². The molecule has 0 bridgehead atoms. The number of rotatable bonds is 2. The molecule has 0 aliphatic rings. The molecular weight excluding hydrogens is 211 g/mol. The van der Waals surface area contributed by atoms with Crippen LogP contribution in [0.4, 0.5) is 0 Å². The van der Waals surface area contributed by atoms with Crippen molar-refractivity contribution in [1.82, 2.24) is 0 Å².